The van der Waals surface area contributed by atoms with Gasteiger partial charge in [0.15, 0.2) is 0 Å². The summed E-state index contributed by atoms with van der Waals surface area (Å²) in [4.78, 5) is 6.24. The van der Waals surface area contributed by atoms with Crippen LogP contribution in [0.15, 0.2) is 18.5 Å². The topological polar surface area (TPSA) is 25.4 Å². The van der Waals surface area contributed by atoms with Crippen LogP contribution in [0.4, 0.5) is 5.69 Å². The van der Waals surface area contributed by atoms with Crippen molar-refractivity contribution in [3.05, 3.63) is 24.0 Å². The van der Waals surface area contributed by atoms with Gasteiger partial charge in [-0.15, -0.1) is 11.6 Å². The molecule has 0 amide bonds. The number of hydrogen-bond acceptors (Lipinski definition) is 3. The third-order valence-electron chi connectivity index (χ3n) is 2.28. The Hall–Kier alpha value is -0.800. The van der Waals surface area contributed by atoms with Gasteiger partial charge in [0.1, 0.15) is 0 Å². The summed E-state index contributed by atoms with van der Waals surface area (Å²) in [7, 11) is 3.78. The van der Waals surface area contributed by atoms with Crippen molar-refractivity contribution in [1.82, 2.24) is 4.98 Å². The number of nitrogens with zero attached hydrogens (tertiary/aromatic N) is 2. The van der Waals surface area contributed by atoms with E-state index in [0.29, 0.717) is 5.88 Å². The summed E-state index contributed by atoms with van der Waals surface area (Å²) < 4.78 is 5.02. The van der Waals surface area contributed by atoms with Crippen LogP contribution in [0.1, 0.15) is 12.0 Å². The standard InChI is InChI=1S/C11H17ClN2O/c1-14(6-3-7-15-2)11-4-5-13-9-10(11)8-12/h4-5,9H,3,6-8H2,1-2H3. The van der Waals surface area contributed by atoms with Crippen LogP contribution in [0, 0.1) is 0 Å². The molecule has 4 heteroatoms. The van der Waals surface area contributed by atoms with Crippen LogP contribution in [0.2, 0.25) is 0 Å². The van der Waals surface area contributed by atoms with Crippen LogP contribution in [-0.2, 0) is 10.6 Å². The van der Waals surface area contributed by atoms with E-state index in [4.69, 9.17) is 16.3 Å². The molecule has 15 heavy (non-hydrogen) atoms. The van der Waals surface area contributed by atoms with E-state index in [1.807, 2.05) is 12.3 Å². The van der Waals surface area contributed by atoms with E-state index < -0.39 is 0 Å². The van der Waals surface area contributed by atoms with E-state index in [9.17, 15) is 0 Å². The monoisotopic (exact) mass is 228 g/mol. The van der Waals surface area contributed by atoms with E-state index in [2.05, 4.69) is 16.9 Å². The lowest BCUT2D eigenvalue weighted by Crippen LogP contribution is -2.20. The summed E-state index contributed by atoms with van der Waals surface area (Å²) in [5.74, 6) is 0.498. The van der Waals surface area contributed by atoms with Gasteiger partial charge in [-0.2, -0.15) is 0 Å². The molecule has 0 aliphatic carbocycles. The second-order valence-electron chi connectivity index (χ2n) is 3.41. The fourth-order valence-corrected chi connectivity index (χ4v) is 1.67. The Kier molecular flexibility index (Phi) is 5.43. The Morgan fingerprint density at radius 3 is 3.00 bits per heavy atom. The highest BCUT2D eigenvalue weighted by molar-refractivity contribution is 6.17. The Labute approximate surface area is 96.0 Å². The van der Waals surface area contributed by atoms with E-state index in [1.54, 1.807) is 13.3 Å². The maximum atomic E-state index is 5.85. The van der Waals surface area contributed by atoms with E-state index in [1.165, 1.54) is 0 Å². The molecule has 0 saturated heterocycles. The SMILES string of the molecule is COCCCN(C)c1ccncc1CCl. The molecule has 0 bridgehead atoms. The van der Waals surface area contributed by atoms with Crippen molar-refractivity contribution in [3.8, 4) is 0 Å². The molecule has 84 valence electrons. The first-order chi connectivity index (χ1) is 7.29. The lowest BCUT2D eigenvalue weighted by atomic mass is 10.2. The number of pyridine rings is 1. The summed E-state index contributed by atoms with van der Waals surface area (Å²) in [6, 6.07) is 1.99. The highest BCUT2D eigenvalue weighted by Gasteiger charge is 2.05. The molecule has 3 nitrogen and oxygen atoms in total. The maximum absolute atomic E-state index is 5.85. The smallest absolute Gasteiger partial charge is 0.0509 e. The normalized spacial score (nSPS) is 10.3. The Bertz CT molecular complexity index is 294. The molecule has 0 aromatic carbocycles. The van der Waals surface area contributed by atoms with Gasteiger partial charge in [0, 0.05) is 51.0 Å². The maximum Gasteiger partial charge on any atom is 0.0509 e. The van der Waals surface area contributed by atoms with E-state index in [0.717, 1.165) is 30.8 Å². The number of hydrogen-bond donors (Lipinski definition) is 0. The van der Waals surface area contributed by atoms with E-state index >= 15 is 0 Å². The molecule has 1 heterocycles. The lowest BCUT2D eigenvalue weighted by Gasteiger charge is -2.21. The molecule has 0 spiro atoms. The molecule has 1 rings (SSSR count). The van der Waals surface area contributed by atoms with Gasteiger partial charge < -0.3 is 9.64 Å². The van der Waals surface area contributed by atoms with E-state index in [-0.39, 0.29) is 0 Å². The Morgan fingerprint density at radius 2 is 2.33 bits per heavy atom. The second kappa shape index (κ2) is 6.64. The average Bonchev–Trinajstić information content (AvgIpc) is 2.29. The van der Waals surface area contributed by atoms with Gasteiger partial charge in [0.25, 0.3) is 0 Å². The summed E-state index contributed by atoms with van der Waals surface area (Å²) in [6.45, 7) is 1.74. The van der Waals surface area contributed by atoms with Crippen LogP contribution < -0.4 is 4.90 Å². The molecule has 0 saturated carbocycles. The molecule has 0 fully saturated rings. The minimum atomic E-state index is 0.498. The molecular weight excluding hydrogens is 212 g/mol. The first kappa shape index (κ1) is 12.3. The second-order valence-corrected chi connectivity index (χ2v) is 3.67. The molecule has 0 aliphatic heterocycles. The van der Waals surface area contributed by atoms with Crippen molar-refractivity contribution in [3.63, 3.8) is 0 Å². The average molecular weight is 229 g/mol. The Morgan fingerprint density at radius 1 is 1.53 bits per heavy atom. The zero-order valence-electron chi connectivity index (χ0n) is 9.24. The number of anilines is 1. The molecule has 0 aliphatic rings. The molecule has 0 unspecified atom stereocenters. The van der Waals surface area contributed by atoms with Gasteiger partial charge in [0.05, 0.1) is 5.88 Å². The van der Waals surface area contributed by atoms with Crippen molar-refractivity contribution >= 4 is 17.3 Å². The number of halogens is 1. The van der Waals surface area contributed by atoms with Crippen molar-refractivity contribution in [2.75, 3.05) is 32.2 Å². The molecule has 1 aromatic heterocycles. The van der Waals surface area contributed by atoms with Crippen molar-refractivity contribution in [1.29, 1.82) is 0 Å². The fraction of sp³-hybridized carbons (Fsp3) is 0.545. The number of alkyl halides is 1. The highest BCUT2D eigenvalue weighted by Crippen LogP contribution is 2.19. The van der Waals surface area contributed by atoms with Crippen LogP contribution in [-0.4, -0.2) is 32.3 Å². The van der Waals surface area contributed by atoms with Gasteiger partial charge in [-0.1, -0.05) is 0 Å². The number of rotatable bonds is 6. The van der Waals surface area contributed by atoms with Crippen LogP contribution in [0.25, 0.3) is 0 Å². The first-order valence-corrected chi connectivity index (χ1v) is 5.52. The largest absolute Gasteiger partial charge is 0.385 e. The summed E-state index contributed by atoms with van der Waals surface area (Å²) in [6.07, 6.45) is 4.62. The quantitative estimate of drug-likeness (QED) is 0.552. The summed E-state index contributed by atoms with van der Waals surface area (Å²) in [5.41, 5.74) is 2.22. The van der Waals surface area contributed by atoms with Gasteiger partial charge >= 0.3 is 0 Å². The minimum Gasteiger partial charge on any atom is -0.385 e. The predicted molar refractivity (Wildman–Crippen MR) is 63.6 cm³/mol. The molecular formula is C11H17ClN2O. The van der Waals surface area contributed by atoms with Crippen molar-refractivity contribution < 1.29 is 4.74 Å². The first-order valence-electron chi connectivity index (χ1n) is 4.98. The Balaban J connectivity index is 2.59. The third-order valence-corrected chi connectivity index (χ3v) is 2.56. The van der Waals surface area contributed by atoms with Gasteiger partial charge in [-0.25, -0.2) is 0 Å². The van der Waals surface area contributed by atoms with Crippen LogP contribution >= 0.6 is 11.6 Å². The van der Waals surface area contributed by atoms with Crippen molar-refractivity contribution in [2.45, 2.75) is 12.3 Å². The highest BCUT2D eigenvalue weighted by atomic mass is 35.5. The molecule has 0 radical (unpaired) electrons. The van der Waals surface area contributed by atoms with Gasteiger partial charge in [-0.05, 0) is 12.5 Å². The van der Waals surface area contributed by atoms with Crippen LogP contribution in [0.5, 0.6) is 0 Å². The van der Waals surface area contributed by atoms with Gasteiger partial charge in [0.2, 0.25) is 0 Å². The fourth-order valence-electron chi connectivity index (χ4n) is 1.46. The zero-order chi connectivity index (χ0) is 11.1. The lowest BCUT2D eigenvalue weighted by molar-refractivity contribution is 0.196. The molecule has 0 atom stereocenters. The minimum absolute atomic E-state index is 0.498. The zero-order valence-corrected chi connectivity index (χ0v) is 10.00. The summed E-state index contributed by atoms with van der Waals surface area (Å²) >= 11 is 5.85. The predicted octanol–water partition coefficient (Wildman–Crippen LogP) is 2.29. The number of aromatic nitrogens is 1. The molecule has 0 N–H and O–H groups in total. The third kappa shape index (κ3) is 3.68. The number of ether oxygens (including phenoxy) is 1. The van der Waals surface area contributed by atoms with Crippen molar-refractivity contribution in [2.24, 2.45) is 0 Å². The number of methoxy groups -OCH3 is 1. The summed E-state index contributed by atoms with van der Waals surface area (Å²) in [5, 5.41) is 0. The molecule has 1 aromatic rings. The van der Waals surface area contributed by atoms with Crippen LogP contribution in [0.3, 0.4) is 0 Å². The van der Waals surface area contributed by atoms with Gasteiger partial charge in [-0.3, -0.25) is 4.98 Å².